The molecule has 2 rings (SSSR count). The number of carbonyl (C=O) groups excluding carboxylic acids is 2. The molecule has 0 N–H and O–H groups in total. The van der Waals surface area contributed by atoms with Gasteiger partial charge in [0.15, 0.2) is 5.75 Å². The molecular formula is C18H19NO4. The van der Waals surface area contributed by atoms with Crippen LogP contribution in [0.15, 0.2) is 48.5 Å². The predicted octanol–water partition coefficient (Wildman–Crippen LogP) is 3.81. The molecule has 1 amide bonds. The molecule has 0 aromatic heterocycles. The number of anilines is 1. The smallest absolute Gasteiger partial charge is 0.414 e. The molecule has 23 heavy (non-hydrogen) atoms. The van der Waals surface area contributed by atoms with E-state index in [1.54, 1.807) is 50.4 Å². The maximum Gasteiger partial charge on any atom is 0.414 e. The van der Waals surface area contributed by atoms with Gasteiger partial charge in [-0.2, -0.15) is 0 Å². The van der Waals surface area contributed by atoms with E-state index in [1.807, 2.05) is 19.1 Å². The van der Waals surface area contributed by atoms with Gasteiger partial charge in [-0.05, 0) is 37.6 Å². The number of aryl methyl sites for hydroxylation is 1. The summed E-state index contributed by atoms with van der Waals surface area (Å²) in [4.78, 5) is 25.5. The molecule has 5 nitrogen and oxygen atoms in total. The molecule has 0 unspecified atom stereocenters. The highest BCUT2D eigenvalue weighted by Crippen LogP contribution is 2.32. The number of esters is 1. The van der Waals surface area contributed by atoms with Gasteiger partial charge in [0.1, 0.15) is 0 Å². The number of hydrogen-bond donors (Lipinski definition) is 0. The van der Waals surface area contributed by atoms with Crippen molar-refractivity contribution in [3.8, 4) is 5.75 Å². The van der Waals surface area contributed by atoms with Gasteiger partial charge in [-0.25, -0.2) is 9.59 Å². The quantitative estimate of drug-likeness (QED) is 0.636. The van der Waals surface area contributed by atoms with Crippen molar-refractivity contribution in [1.82, 2.24) is 0 Å². The molecule has 0 aliphatic rings. The average molecular weight is 313 g/mol. The fourth-order valence-electron chi connectivity index (χ4n) is 2.08. The first-order chi connectivity index (χ1) is 11.0. The highest BCUT2D eigenvalue weighted by atomic mass is 16.6. The van der Waals surface area contributed by atoms with Crippen molar-refractivity contribution in [3.05, 3.63) is 59.7 Å². The Morgan fingerprint density at radius 3 is 2.39 bits per heavy atom. The third-order valence-corrected chi connectivity index (χ3v) is 3.30. The van der Waals surface area contributed by atoms with Gasteiger partial charge in [0.25, 0.3) is 0 Å². The van der Waals surface area contributed by atoms with Crippen LogP contribution in [0.4, 0.5) is 10.5 Å². The Morgan fingerprint density at radius 1 is 1.04 bits per heavy atom. The highest BCUT2D eigenvalue weighted by Gasteiger charge is 2.20. The van der Waals surface area contributed by atoms with Crippen molar-refractivity contribution in [3.63, 3.8) is 0 Å². The van der Waals surface area contributed by atoms with Crippen LogP contribution < -0.4 is 9.64 Å². The molecule has 0 radical (unpaired) electrons. The van der Waals surface area contributed by atoms with E-state index in [9.17, 15) is 9.59 Å². The third-order valence-electron chi connectivity index (χ3n) is 3.30. The Morgan fingerprint density at radius 2 is 1.74 bits per heavy atom. The summed E-state index contributed by atoms with van der Waals surface area (Å²) in [5.41, 5.74) is 1.68. The van der Waals surface area contributed by atoms with Crippen LogP contribution in [0.25, 0.3) is 0 Å². The molecule has 0 heterocycles. The Hall–Kier alpha value is -2.82. The number of nitrogens with zero attached hydrogens (tertiary/aromatic N) is 1. The molecule has 0 aliphatic heterocycles. The number of amides is 1. The Labute approximate surface area is 135 Å². The number of benzene rings is 2. The first-order valence-corrected chi connectivity index (χ1v) is 7.32. The van der Waals surface area contributed by atoms with E-state index in [1.165, 1.54) is 4.90 Å². The minimum atomic E-state index is -0.505. The predicted molar refractivity (Wildman–Crippen MR) is 88.0 cm³/mol. The van der Waals surface area contributed by atoms with Crippen LogP contribution in [-0.4, -0.2) is 25.7 Å². The Balaban J connectivity index is 2.31. The molecule has 0 aliphatic carbocycles. The van der Waals surface area contributed by atoms with E-state index in [0.717, 1.165) is 5.56 Å². The monoisotopic (exact) mass is 313 g/mol. The minimum Gasteiger partial charge on any atom is -0.449 e. The molecule has 0 fully saturated rings. The zero-order valence-corrected chi connectivity index (χ0v) is 13.4. The van der Waals surface area contributed by atoms with Crippen molar-refractivity contribution in [2.24, 2.45) is 0 Å². The van der Waals surface area contributed by atoms with Gasteiger partial charge < -0.3 is 9.47 Å². The molecule has 0 bridgehead atoms. The Kier molecular flexibility index (Phi) is 5.36. The van der Waals surface area contributed by atoms with Crippen molar-refractivity contribution in [1.29, 1.82) is 0 Å². The molecule has 120 valence electrons. The molecular weight excluding hydrogens is 294 g/mol. The molecule has 0 saturated heterocycles. The van der Waals surface area contributed by atoms with Gasteiger partial charge >= 0.3 is 12.1 Å². The number of rotatable bonds is 4. The lowest BCUT2D eigenvalue weighted by atomic mass is 10.1. The van der Waals surface area contributed by atoms with E-state index in [2.05, 4.69) is 0 Å². The van der Waals surface area contributed by atoms with Gasteiger partial charge in [-0.15, -0.1) is 0 Å². The van der Waals surface area contributed by atoms with E-state index in [0.29, 0.717) is 17.0 Å². The van der Waals surface area contributed by atoms with Crippen molar-refractivity contribution in [2.45, 2.75) is 13.8 Å². The number of carbonyl (C=O) groups is 2. The van der Waals surface area contributed by atoms with Gasteiger partial charge in [-0.3, -0.25) is 4.90 Å². The number of hydrogen-bond acceptors (Lipinski definition) is 4. The zero-order chi connectivity index (χ0) is 16.8. The highest BCUT2D eigenvalue weighted by molar-refractivity contribution is 5.94. The SMILES string of the molecule is CCOC(=O)N(C)c1cccc(C)c1OC(=O)c1ccccc1. The van der Waals surface area contributed by atoms with Crippen LogP contribution in [0.3, 0.4) is 0 Å². The van der Waals surface area contributed by atoms with Crippen LogP contribution in [0.1, 0.15) is 22.8 Å². The van der Waals surface area contributed by atoms with Gasteiger partial charge in [0.05, 0.1) is 17.9 Å². The fourth-order valence-corrected chi connectivity index (χ4v) is 2.08. The maximum atomic E-state index is 12.3. The van der Waals surface area contributed by atoms with E-state index >= 15 is 0 Å². The lowest BCUT2D eigenvalue weighted by Crippen LogP contribution is -2.28. The average Bonchev–Trinajstić information content (AvgIpc) is 2.57. The molecule has 0 spiro atoms. The summed E-state index contributed by atoms with van der Waals surface area (Å²) in [5, 5.41) is 0. The first-order valence-electron chi connectivity index (χ1n) is 7.32. The summed E-state index contributed by atoms with van der Waals surface area (Å²) in [7, 11) is 1.58. The van der Waals surface area contributed by atoms with Crippen LogP contribution in [-0.2, 0) is 4.74 Å². The van der Waals surface area contributed by atoms with E-state index in [4.69, 9.17) is 9.47 Å². The largest absolute Gasteiger partial charge is 0.449 e. The lowest BCUT2D eigenvalue weighted by Gasteiger charge is -2.20. The van der Waals surface area contributed by atoms with Crippen molar-refractivity contribution < 1.29 is 19.1 Å². The second kappa shape index (κ2) is 7.45. The van der Waals surface area contributed by atoms with E-state index in [-0.39, 0.29) is 6.61 Å². The van der Waals surface area contributed by atoms with Crippen molar-refractivity contribution >= 4 is 17.7 Å². The second-order valence-corrected chi connectivity index (χ2v) is 4.94. The van der Waals surface area contributed by atoms with Gasteiger partial charge in [-0.1, -0.05) is 30.3 Å². The molecule has 0 saturated carbocycles. The summed E-state index contributed by atoms with van der Waals surface area (Å²) in [6.45, 7) is 3.82. The second-order valence-electron chi connectivity index (χ2n) is 4.94. The topological polar surface area (TPSA) is 55.8 Å². The summed E-state index contributed by atoms with van der Waals surface area (Å²) in [6.07, 6.45) is -0.505. The summed E-state index contributed by atoms with van der Waals surface area (Å²) in [5.74, 6) is -0.129. The standard InChI is InChI=1S/C18H19NO4/c1-4-22-18(21)19(3)15-12-8-9-13(2)16(15)23-17(20)14-10-6-5-7-11-14/h5-12H,4H2,1-3H3. The molecule has 5 heteroatoms. The van der Waals surface area contributed by atoms with Crippen LogP contribution in [0.5, 0.6) is 5.75 Å². The van der Waals surface area contributed by atoms with E-state index < -0.39 is 12.1 Å². The van der Waals surface area contributed by atoms with Gasteiger partial charge in [0.2, 0.25) is 0 Å². The van der Waals surface area contributed by atoms with Crippen molar-refractivity contribution in [2.75, 3.05) is 18.6 Å². The molecule has 0 atom stereocenters. The van der Waals surface area contributed by atoms with Crippen LogP contribution in [0, 0.1) is 6.92 Å². The number of para-hydroxylation sites is 1. The normalized spacial score (nSPS) is 10.0. The minimum absolute atomic E-state index is 0.272. The lowest BCUT2D eigenvalue weighted by molar-refractivity contribution is 0.0733. The first kappa shape index (κ1) is 16.5. The van der Waals surface area contributed by atoms with Gasteiger partial charge in [0, 0.05) is 7.05 Å². The third kappa shape index (κ3) is 3.88. The van der Waals surface area contributed by atoms with Crippen LogP contribution >= 0.6 is 0 Å². The maximum absolute atomic E-state index is 12.3. The summed E-state index contributed by atoms with van der Waals surface area (Å²) >= 11 is 0. The fraction of sp³-hybridized carbons (Fsp3) is 0.222. The zero-order valence-electron chi connectivity index (χ0n) is 13.4. The molecule has 2 aromatic rings. The Bertz CT molecular complexity index is 697. The summed E-state index contributed by atoms with van der Waals surface area (Å²) < 4.78 is 10.5. The molecule has 2 aromatic carbocycles. The summed E-state index contributed by atoms with van der Waals surface area (Å²) in [6, 6.07) is 14.0. The number of ether oxygens (including phenoxy) is 2. The van der Waals surface area contributed by atoms with Crippen LogP contribution in [0.2, 0.25) is 0 Å².